The number of alkyl halides is 3. The van der Waals surface area contributed by atoms with E-state index in [4.69, 9.17) is 4.74 Å². The van der Waals surface area contributed by atoms with Crippen LogP contribution in [0.2, 0.25) is 0 Å². The third-order valence-electron chi connectivity index (χ3n) is 7.13. The van der Waals surface area contributed by atoms with Gasteiger partial charge in [-0.05, 0) is 72.3 Å². The quantitative estimate of drug-likeness (QED) is 0.0959. The van der Waals surface area contributed by atoms with Crippen LogP contribution in [-0.2, 0) is 15.8 Å². The van der Waals surface area contributed by atoms with Gasteiger partial charge in [0.15, 0.2) is 0 Å². The fourth-order valence-electron chi connectivity index (χ4n) is 4.72. The van der Waals surface area contributed by atoms with Crippen LogP contribution in [-0.4, -0.2) is 24.8 Å². The number of methoxy groups -OCH3 is 1. The average Bonchev–Trinajstić information content (AvgIpc) is 3.11. The zero-order chi connectivity index (χ0) is 34.8. The molecule has 0 saturated carbocycles. The number of carbonyl (C=O) groups excluding carboxylic acids is 3. The van der Waals surface area contributed by atoms with Crippen molar-refractivity contribution in [3.63, 3.8) is 0 Å². The number of amides is 3. The molecule has 1 unspecified atom stereocenters. The van der Waals surface area contributed by atoms with Crippen LogP contribution in [0.1, 0.15) is 32.3 Å². The molecule has 0 saturated heterocycles. The van der Waals surface area contributed by atoms with Gasteiger partial charge in [-0.25, -0.2) is 0 Å². The summed E-state index contributed by atoms with van der Waals surface area (Å²) in [5.41, 5.74) is 1.14. The molecule has 0 heterocycles. The van der Waals surface area contributed by atoms with E-state index in [1.807, 2.05) is 0 Å². The Kier molecular flexibility index (Phi) is 11.2. The summed E-state index contributed by atoms with van der Waals surface area (Å²) in [5, 5.41) is 7.30. The number of benzene rings is 5. The number of hydrogen-bond acceptors (Lipinski definition) is 5. The number of thioether (sulfide) groups is 1. The Morgan fingerprint density at radius 1 is 0.735 bits per heavy atom. The molecule has 0 aliphatic carbocycles. The first-order valence-corrected chi connectivity index (χ1v) is 15.8. The van der Waals surface area contributed by atoms with Crippen LogP contribution in [0.25, 0.3) is 6.08 Å². The second kappa shape index (κ2) is 15.9. The third kappa shape index (κ3) is 9.39. The summed E-state index contributed by atoms with van der Waals surface area (Å²) >= 11 is 1.20. The molecule has 248 valence electrons. The van der Waals surface area contributed by atoms with Crippen LogP contribution < -0.4 is 20.7 Å². The highest BCUT2D eigenvalue weighted by Crippen LogP contribution is 2.37. The summed E-state index contributed by atoms with van der Waals surface area (Å²) in [6.45, 7) is 0. The molecule has 0 aromatic heterocycles. The highest BCUT2D eigenvalue weighted by atomic mass is 32.2. The van der Waals surface area contributed by atoms with Gasteiger partial charge in [0.2, 0.25) is 5.91 Å². The Balaban J connectivity index is 1.34. The highest BCUT2D eigenvalue weighted by Gasteiger charge is 2.31. The zero-order valence-electron chi connectivity index (χ0n) is 26.0. The van der Waals surface area contributed by atoms with Crippen molar-refractivity contribution in [3.8, 4) is 5.75 Å². The molecule has 0 spiro atoms. The van der Waals surface area contributed by atoms with E-state index in [2.05, 4.69) is 16.0 Å². The molecule has 7 nitrogen and oxygen atoms in total. The lowest BCUT2D eigenvalue weighted by Crippen LogP contribution is -2.30. The minimum atomic E-state index is -4.55. The van der Waals surface area contributed by atoms with Crippen LogP contribution in [0.15, 0.2) is 144 Å². The van der Waals surface area contributed by atoms with Gasteiger partial charge in [-0.15, -0.1) is 11.8 Å². The predicted molar refractivity (Wildman–Crippen MR) is 185 cm³/mol. The molecular weight excluding hydrogens is 651 g/mol. The molecule has 5 aromatic rings. The van der Waals surface area contributed by atoms with Crippen molar-refractivity contribution in [1.82, 2.24) is 5.32 Å². The van der Waals surface area contributed by atoms with E-state index in [-0.39, 0.29) is 11.4 Å². The molecule has 0 fully saturated rings. The lowest BCUT2D eigenvalue weighted by atomic mass is 10.1. The lowest BCUT2D eigenvalue weighted by Gasteiger charge is -2.18. The van der Waals surface area contributed by atoms with Gasteiger partial charge in [0, 0.05) is 27.4 Å². The van der Waals surface area contributed by atoms with E-state index in [1.54, 1.807) is 109 Å². The molecule has 3 N–H and O–H groups in total. The van der Waals surface area contributed by atoms with Crippen LogP contribution >= 0.6 is 11.8 Å². The van der Waals surface area contributed by atoms with Gasteiger partial charge in [0.05, 0.1) is 12.7 Å². The number of carbonyl (C=O) groups is 3. The minimum absolute atomic E-state index is 0.0211. The van der Waals surface area contributed by atoms with Crippen molar-refractivity contribution in [2.45, 2.75) is 16.3 Å². The number of hydrogen-bond donors (Lipinski definition) is 3. The number of para-hydroxylation sites is 1. The summed E-state index contributed by atoms with van der Waals surface area (Å²) in [4.78, 5) is 40.6. The minimum Gasteiger partial charge on any atom is -0.496 e. The molecule has 0 radical (unpaired) electrons. The van der Waals surface area contributed by atoms with E-state index in [9.17, 15) is 27.6 Å². The maximum Gasteiger partial charge on any atom is 0.416 e. The van der Waals surface area contributed by atoms with Gasteiger partial charge in [0.1, 0.15) is 16.7 Å². The van der Waals surface area contributed by atoms with Crippen LogP contribution in [0.5, 0.6) is 5.75 Å². The van der Waals surface area contributed by atoms with Crippen LogP contribution in [0.4, 0.5) is 24.5 Å². The molecule has 49 heavy (non-hydrogen) atoms. The number of anilines is 2. The summed E-state index contributed by atoms with van der Waals surface area (Å²) in [6, 6.07) is 35.6. The normalized spacial score (nSPS) is 12.0. The van der Waals surface area contributed by atoms with Crippen molar-refractivity contribution in [2.75, 3.05) is 17.7 Å². The van der Waals surface area contributed by atoms with E-state index in [1.165, 1.54) is 37.1 Å². The molecular formula is C38H30F3N3O4S. The molecule has 5 aromatic carbocycles. The highest BCUT2D eigenvalue weighted by molar-refractivity contribution is 8.00. The Hall–Kier alpha value is -5.81. The molecule has 0 aliphatic heterocycles. The van der Waals surface area contributed by atoms with Gasteiger partial charge in [0.25, 0.3) is 11.8 Å². The summed E-state index contributed by atoms with van der Waals surface area (Å²) in [5.74, 6) is -1.06. The molecule has 0 bridgehead atoms. The maximum absolute atomic E-state index is 13.5. The van der Waals surface area contributed by atoms with E-state index < -0.39 is 34.7 Å². The smallest absolute Gasteiger partial charge is 0.416 e. The van der Waals surface area contributed by atoms with Gasteiger partial charge in [-0.3, -0.25) is 14.4 Å². The second-order valence-electron chi connectivity index (χ2n) is 10.6. The molecule has 3 amide bonds. The van der Waals surface area contributed by atoms with Crippen molar-refractivity contribution >= 4 is 46.9 Å². The van der Waals surface area contributed by atoms with E-state index in [0.717, 1.165) is 12.1 Å². The standard InChI is InChI=1S/C38H30F3N3O4S/c1-48-33-18-9-8-15-27(33)23-32(44-35(45)26-13-6-3-7-14-26)36(46)42-29-19-21-31(22-20-29)49-34(25-11-4-2-5-12-25)37(47)43-30-17-10-16-28(24-30)38(39,40)41/h2-24,34H,1H3,(H,42,46)(H,43,47)(H,44,45)/b32-23-. The zero-order valence-corrected chi connectivity index (χ0v) is 26.8. The monoisotopic (exact) mass is 681 g/mol. The van der Waals surface area contributed by atoms with E-state index >= 15 is 0 Å². The van der Waals surface area contributed by atoms with Crippen molar-refractivity contribution < 1.29 is 32.3 Å². The lowest BCUT2D eigenvalue weighted by molar-refractivity contribution is -0.137. The van der Waals surface area contributed by atoms with Crippen LogP contribution in [0, 0.1) is 0 Å². The Morgan fingerprint density at radius 3 is 2.06 bits per heavy atom. The van der Waals surface area contributed by atoms with Crippen molar-refractivity contribution in [3.05, 3.63) is 161 Å². The Morgan fingerprint density at radius 2 is 1.39 bits per heavy atom. The number of nitrogens with one attached hydrogen (secondary N) is 3. The molecule has 1 atom stereocenters. The number of rotatable bonds is 11. The van der Waals surface area contributed by atoms with Crippen molar-refractivity contribution in [2.24, 2.45) is 0 Å². The average molecular weight is 682 g/mol. The summed E-state index contributed by atoms with van der Waals surface area (Å²) < 4.78 is 45.2. The molecule has 5 rings (SSSR count). The largest absolute Gasteiger partial charge is 0.496 e. The SMILES string of the molecule is COc1ccccc1/C=C(\NC(=O)c1ccccc1)C(=O)Nc1ccc(SC(C(=O)Nc2cccc(C(F)(F)F)c2)c2ccccc2)cc1. The van der Waals surface area contributed by atoms with Gasteiger partial charge in [-0.1, -0.05) is 72.8 Å². The second-order valence-corrected chi connectivity index (χ2v) is 11.8. The Bertz CT molecular complexity index is 1950. The van der Waals surface area contributed by atoms with Gasteiger partial charge >= 0.3 is 6.18 Å². The first-order valence-electron chi connectivity index (χ1n) is 14.9. The number of ether oxygens (including phenoxy) is 1. The predicted octanol–water partition coefficient (Wildman–Crippen LogP) is 8.60. The Labute approximate surface area is 285 Å². The van der Waals surface area contributed by atoms with E-state index in [0.29, 0.717) is 33.0 Å². The van der Waals surface area contributed by atoms with Gasteiger partial charge < -0.3 is 20.7 Å². The third-order valence-corrected chi connectivity index (χ3v) is 8.40. The first-order chi connectivity index (χ1) is 23.6. The maximum atomic E-state index is 13.5. The van der Waals surface area contributed by atoms with Crippen LogP contribution in [0.3, 0.4) is 0 Å². The molecule has 0 aliphatic rings. The summed E-state index contributed by atoms with van der Waals surface area (Å²) in [7, 11) is 1.51. The topological polar surface area (TPSA) is 96.5 Å². The summed E-state index contributed by atoms with van der Waals surface area (Å²) in [6.07, 6.45) is -3.03. The number of halogens is 3. The van der Waals surface area contributed by atoms with Crippen molar-refractivity contribution in [1.29, 1.82) is 0 Å². The fourth-order valence-corrected chi connectivity index (χ4v) is 5.74. The first kappa shape index (κ1) is 34.5. The van der Waals surface area contributed by atoms with Gasteiger partial charge in [-0.2, -0.15) is 13.2 Å². The fraction of sp³-hybridized carbons (Fsp3) is 0.0789. The molecule has 11 heteroatoms.